The zero-order chi connectivity index (χ0) is 28.1. The summed E-state index contributed by atoms with van der Waals surface area (Å²) in [5.74, 6) is -2.31. The molecular weight excluding hydrogens is 514 g/mol. The van der Waals surface area contributed by atoms with Crippen LogP contribution in [0.1, 0.15) is 41.1 Å². The maximum Gasteiger partial charge on any atom is 0.451 e. The lowest BCUT2D eigenvalue weighted by Crippen LogP contribution is -2.10. The molecule has 0 aliphatic carbocycles. The van der Waals surface area contributed by atoms with Gasteiger partial charge in [0.15, 0.2) is 0 Å². The summed E-state index contributed by atoms with van der Waals surface area (Å²) in [6, 6.07) is 3.54. The fraction of sp³-hybridized carbons (Fsp3) is 0.280. The molecule has 0 unspecified atom stereocenters. The molecule has 0 aliphatic heterocycles. The molecule has 4 aromatic heterocycles. The maximum absolute atomic E-state index is 12.4. The highest BCUT2D eigenvalue weighted by Gasteiger charge is 2.35. The largest absolute Gasteiger partial charge is 0.451 e. The van der Waals surface area contributed by atoms with Crippen molar-refractivity contribution < 1.29 is 31.4 Å². The molecule has 1 N–H and O–H groups in total. The first-order valence-electron chi connectivity index (χ1n) is 11.1. The molecule has 4 aromatic rings. The summed E-state index contributed by atoms with van der Waals surface area (Å²) < 4.78 is 74.0. The summed E-state index contributed by atoms with van der Waals surface area (Å²) in [5, 5.41) is 9.12. The Bertz CT molecular complexity index is 1270. The van der Waals surface area contributed by atoms with Gasteiger partial charge in [0, 0.05) is 70.8 Å². The van der Waals surface area contributed by atoms with Crippen molar-refractivity contribution in [2.24, 2.45) is 0 Å². The molecule has 200 valence electrons. The minimum absolute atomic E-state index is 0.186. The number of aliphatic hydroxyl groups is 1. The molecule has 0 radical (unpaired) electrons. The summed E-state index contributed by atoms with van der Waals surface area (Å²) in [6.07, 6.45) is -0.635. The molecule has 38 heavy (non-hydrogen) atoms. The Morgan fingerprint density at radius 3 is 1.26 bits per heavy atom. The third-order valence-corrected chi connectivity index (χ3v) is 5.41. The van der Waals surface area contributed by atoms with Crippen molar-refractivity contribution >= 4 is 0 Å². The van der Waals surface area contributed by atoms with E-state index in [1.165, 1.54) is 18.6 Å². The van der Waals surface area contributed by atoms with Gasteiger partial charge < -0.3 is 5.11 Å². The Morgan fingerprint density at radius 2 is 0.921 bits per heavy atom. The fourth-order valence-corrected chi connectivity index (χ4v) is 3.24. The molecule has 4 heterocycles. The molecule has 0 aliphatic rings. The molecule has 0 atom stereocenters. The SMILES string of the molecule is CCc1cc(-c2cnc(C(F)(F)F)nc2)cnc1C.Cc1ncc(-c2cnc(C(F)(F)F)nc2)cc1CO. The molecule has 0 saturated carbocycles. The predicted molar refractivity (Wildman–Crippen MR) is 125 cm³/mol. The van der Waals surface area contributed by atoms with Crippen LogP contribution in [0.5, 0.6) is 0 Å². The Balaban J connectivity index is 0.000000211. The van der Waals surface area contributed by atoms with E-state index in [0.29, 0.717) is 27.9 Å². The van der Waals surface area contributed by atoms with Crippen LogP contribution in [0.15, 0.2) is 49.3 Å². The molecule has 0 amide bonds. The number of rotatable bonds is 4. The van der Waals surface area contributed by atoms with E-state index in [0.717, 1.165) is 35.6 Å². The second kappa shape index (κ2) is 11.6. The molecule has 0 aromatic carbocycles. The van der Waals surface area contributed by atoms with Gasteiger partial charge in [-0.05, 0) is 43.5 Å². The summed E-state index contributed by atoms with van der Waals surface area (Å²) in [4.78, 5) is 21.5. The monoisotopic (exact) mass is 536 g/mol. The summed E-state index contributed by atoms with van der Waals surface area (Å²) in [7, 11) is 0. The molecule has 0 saturated heterocycles. The third-order valence-electron chi connectivity index (χ3n) is 5.41. The van der Waals surface area contributed by atoms with Crippen LogP contribution in [0.3, 0.4) is 0 Å². The van der Waals surface area contributed by atoms with Crippen molar-refractivity contribution in [2.75, 3.05) is 0 Å². The number of alkyl halides is 6. The first-order valence-corrected chi connectivity index (χ1v) is 11.1. The van der Waals surface area contributed by atoms with Gasteiger partial charge in [0.05, 0.1) is 6.61 Å². The van der Waals surface area contributed by atoms with E-state index in [4.69, 9.17) is 5.11 Å². The third kappa shape index (κ3) is 7.06. The van der Waals surface area contributed by atoms with Crippen LogP contribution in [0, 0.1) is 13.8 Å². The Kier molecular flexibility index (Phi) is 8.71. The van der Waals surface area contributed by atoms with Crippen LogP contribution < -0.4 is 0 Å². The van der Waals surface area contributed by atoms with E-state index in [1.807, 2.05) is 19.9 Å². The Hall–Kier alpha value is -4.00. The van der Waals surface area contributed by atoms with Gasteiger partial charge in [0.1, 0.15) is 0 Å². The van der Waals surface area contributed by atoms with Gasteiger partial charge in [0.25, 0.3) is 0 Å². The summed E-state index contributed by atoms with van der Waals surface area (Å²) >= 11 is 0. The van der Waals surface area contributed by atoms with Crippen LogP contribution in [0.2, 0.25) is 0 Å². The van der Waals surface area contributed by atoms with Crippen LogP contribution in [0.4, 0.5) is 26.3 Å². The van der Waals surface area contributed by atoms with Crippen molar-refractivity contribution in [3.8, 4) is 22.3 Å². The van der Waals surface area contributed by atoms with Crippen molar-refractivity contribution in [1.82, 2.24) is 29.9 Å². The topological polar surface area (TPSA) is 97.6 Å². The lowest BCUT2D eigenvalue weighted by Gasteiger charge is -2.07. The van der Waals surface area contributed by atoms with Gasteiger partial charge >= 0.3 is 12.4 Å². The first-order chi connectivity index (χ1) is 17.8. The quantitative estimate of drug-likeness (QED) is 0.330. The highest BCUT2D eigenvalue weighted by atomic mass is 19.4. The molecule has 0 fully saturated rings. The number of halogens is 6. The van der Waals surface area contributed by atoms with Crippen molar-refractivity contribution in [3.63, 3.8) is 0 Å². The zero-order valence-corrected chi connectivity index (χ0v) is 20.4. The second-order valence-electron chi connectivity index (χ2n) is 8.03. The number of nitrogens with zero attached hydrogens (tertiary/aromatic N) is 6. The van der Waals surface area contributed by atoms with E-state index < -0.39 is 24.0 Å². The zero-order valence-electron chi connectivity index (χ0n) is 20.4. The second-order valence-corrected chi connectivity index (χ2v) is 8.03. The van der Waals surface area contributed by atoms with Crippen molar-refractivity contribution in [3.05, 3.63) is 83.5 Å². The average molecular weight is 536 g/mol. The van der Waals surface area contributed by atoms with Crippen LogP contribution in [-0.2, 0) is 25.4 Å². The fourth-order valence-electron chi connectivity index (χ4n) is 3.24. The Morgan fingerprint density at radius 1 is 0.579 bits per heavy atom. The molecule has 7 nitrogen and oxygen atoms in total. The van der Waals surface area contributed by atoms with E-state index in [1.54, 1.807) is 19.2 Å². The van der Waals surface area contributed by atoms with Crippen molar-refractivity contribution in [2.45, 2.75) is 46.2 Å². The number of aryl methyl sites for hydroxylation is 3. The number of aliphatic hydroxyl groups excluding tert-OH is 1. The van der Waals surface area contributed by atoms with Crippen molar-refractivity contribution in [1.29, 1.82) is 0 Å². The van der Waals surface area contributed by atoms with E-state index in [-0.39, 0.29) is 6.61 Å². The smallest absolute Gasteiger partial charge is 0.392 e. The predicted octanol–water partition coefficient (Wildman–Crippen LogP) is 5.79. The van der Waals surface area contributed by atoms with Gasteiger partial charge in [-0.15, -0.1) is 0 Å². The lowest BCUT2D eigenvalue weighted by atomic mass is 10.1. The van der Waals surface area contributed by atoms with Gasteiger partial charge in [-0.1, -0.05) is 6.92 Å². The summed E-state index contributed by atoms with van der Waals surface area (Å²) in [5.41, 5.74) is 5.46. The molecule has 13 heteroatoms. The standard InChI is InChI=1S/C13H12F3N3.C12H10F3N3O/c1-3-9-4-10(5-17-8(9)2)11-6-18-12(19-7-11)13(14,15)16;1-7-9(6-19)2-8(3-16-7)10-4-17-11(18-5-10)12(13,14)15/h4-7H,3H2,1-2H3;2-5,19H,6H2,1H3. The van der Waals surface area contributed by atoms with Crippen LogP contribution in [-0.4, -0.2) is 35.0 Å². The average Bonchev–Trinajstić information content (AvgIpc) is 2.89. The van der Waals surface area contributed by atoms with E-state index in [9.17, 15) is 26.3 Å². The molecule has 0 spiro atoms. The molecule has 4 rings (SSSR count). The highest BCUT2D eigenvalue weighted by molar-refractivity contribution is 5.62. The van der Waals surface area contributed by atoms with Gasteiger partial charge in [0.2, 0.25) is 11.6 Å². The number of aromatic nitrogens is 6. The number of hydrogen-bond acceptors (Lipinski definition) is 7. The van der Waals surface area contributed by atoms with Gasteiger partial charge in [-0.25, -0.2) is 19.9 Å². The normalized spacial score (nSPS) is 11.6. The van der Waals surface area contributed by atoms with Crippen LogP contribution >= 0.6 is 0 Å². The Labute approximate surface area is 213 Å². The lowest BCUT2D eigenvalue weighted by molar-refractivity contribution is -0.145. The first kappa shape index (κ1) is 28.6. The molecular formula is C25H22F6N6O. The number of pyridine rings is 2. The van der Waals surface area contributed by atoms with Gasteiger partial charge in [-0.3, -0.25) is 9.97 Å². The minimum atomic E-state index is -4.56. The van der Waals surface area contributed by atoms with E-state index in [2.05, 4.69) is 29.9 Å². The maximum atomic E-state index is 12.4. The minimum Gasteiger partial charge on any atom is -0.392 e. The number of hydrogen-bond donors (Lipinski definition) is 1. The summed E-state index contributed by atoms with van der Waals surface area (Å²) in [6.45, 7) is 5.44. The van der Waals surface area contributed by atoms with E-state index >= 15 is 0 Å². The highest BCUT2D eigenvalue weighted by Crippen LogP contribution is 2.28. The van der Waals surface area contributed by atoms with Gasteiger partial charge in [-0.2, -0.15) is 26.3 Å². The molecule has 0 bridgehead atoms. The van der Waals surface area contributed by atoms with Crippen LogP contribution in [0.25, 0.3) is 22.3 Å².